The smallest absolute Gasteiger partial charge is 0.356 e. The first kappa shape index (κ1) is 13.3. The van der Waals surface area contributed by atoms with E-state index in [9.17, 15) is 4.79 Å². The van der Waals surface area contributed by atoms with Crippen LogP contribution in [-0.4, -0.2) is 46.4 Å². The molecular formula is C14H17N3O2. The second-order valence-electron chi connectivity index (χ2n) is 4.61. The molecule has 100 valence electrons. The number of carbonyl (C=O) groups is 1. The molecule has 1 heterocycles. The van der Waals surface area contributed by atoms with Crippen molar-refractivity contribution in [2.75, 3.05) is 20.6 Å². The highest BCUT2D eigenvalue weighted by Gasteiger charge is 2.14. The van der Waals surface area contributed by atoms with E-state index in [1.54, 1.807) is 10.7 Å². The van der Waals surface area contributed by atoms with Gasteiger partial charge in [-0.25, -0.2) is 4.79 Å². The minimum Gasteiger partial charge on any atom is -0.476 e. The third kappa shape index (κ3) is 3.20. The van der Waals surface area contributed by atoms with Crippen molar-refractivity contribution >= 4 is 5.97 Å². The molecule has 0 spiro atoms. The van der Waals surface area contributed by atoms with Crippen molar-refractivity contribution < 1.29 is 9.90 Å². The Labute approximate surface area is 112 Å². The van der Waals surface area contributed by atoms with Gasteiger partial charge in [0.05, 0.1) is 12.2 Å². The predicted octanol–water partition coefficient (Wildman–Crippen LogP) is 1.81. The zero-order valence-electron chi connectivity index (χ0n) is 11.1. The second-order valence-corrected chi connectivity index (χ2v) is 4.61. The van der Waals surface area contributed by atoms with E-state index in [4.69, 9.17) is 5.11 Å². The Morgan fingerprint density at radius 2 is 2.00 bits per heavy atom. The summed E-state index contributed by atoms with van der Waals surface area (Å²) in [4.78, 5) is 13.1. The van der Waals surface area contributed by atoms with Crippen molar-refractivity contribution in [3.8, 4) is 11.3 Å². The van der Waals surface area contributed by atoms with Gasteiger partial charge in [0.1, 0.15) is 0 Å². The fraction of sp³-hybridized carbons (Fsp3) is 0.286. The van der Waals surface area contributed by atoms with Gasteiger partial charge in [0.15, 0.2) is 5.69 Å². The van der Waals surface area contributed by atoms with Crippen LogP contribution in [0.4, 0.5) is 0 Å². The van der Waals surface area contributed by atoms with Gasteiger partial charge in [-0.15, -0.1) is 0 Å². The first-order valence-corrected chi connectivity index (χ1v) is 6.09. The molecule has 5 heteroatoms. The van der Waals surface area contributed by atoms with Crippen LogP contribution in [0.3, 0.4) is 0 Å². The number of aromatic carboxylic acids is 1. The lowest BCUT2D eigenvalue weighted by Crippen LogP contribution is -2.19. The van der Waals surface area contributed by atoms with Gasteiger partial charge in [0.25, 0.3) is 0 Å². The summed E-state index contributed by atoms with van der Waals surface area (Å²) in [6, 6.07) is 11.3. The molecule has 0 atom stereocenters. The Hall–Kier alpha value is -2.14. The summed E-state index contributed by atoms with van der Waals surface area (Å²) >= 11 is 0. The van der Waals surface area contributed by atoms with Gasteiger partial charge in [0, 0.05) is 6.54 Å². The molecule has 2 aromatic rings. The molecule has 0 saturated carbocycles. The molecule has 0 saturated heterocycles. The molecule has 0 aliphatic rings. The molecule has 1 aromatic carbocycles. The van der Waals surface area contributed by atoms with E-state index in [-0.39, 0.29) is 5.69 Å². The lowest BCUT2D eigenvalue weighted by molar-refractivity contribution is 0.0689. The molecule has 0 radical (unpaired) electrons. The third-order valence-electron chi connectivity index (χ3n) is 2.83. The van der Waals surface area contributed by atoms with E-state index in [0.29, 0.717) is 6.54 Å². The van der Waals surface area contributed by atoms with Gasteiger partial charge in [-0.05, 0) is 25.7 Å². The molecule has 1 N–H and O–H groups in total. The van der Waals surface area contributed by atoms with Crippen molar-refractivity contribution in [3.05, 3.63) is 42.1 Å². The second kappa shape index (κ2) is 5.67. The normalized spacial score (nSPS) is 10.9. The van der Waals surface area contributed by atoms with Gasteiger partial charge in [-0.2, -0.15) is 5.10 Å². The topological polar surface area (TPSA) is 58.4 Å². The number of rotatable bonds is 5. The highest BCUT2D eigenvalue weighted by molar-refractivity contribution is 5.87. The van der Waals surface area contributed by atoms with Crippen LogP contribution in [0, 0.1) is 0 Å². The zero-order chi connectivity index (χ0) is 13.8. The quantitative estimate of drug-likeness (QED) is 0.889. The molecule has 0 amide bonds. The molecule has 0 bridgehead atoms. The van der Waals surface area contributed by atoms with Crippen molar-refractivity contribution in [1.29, 1.82) is 0 Å². The highest BCUT2D eigenvalue weighted by atomic mass is 16.4. The lowest BCUT2D eigenvalue weighted by Gasteiger charge is -2.11. The largest absolute Gasteiger partial charge is 0.476 e. The summed E-state index contributed by atoms with van der Waals surface area (Å²) in [6.07, 6.45) is 0. The SMILES string of the molecule is CN(C)CCn1nc(C(=O)O)cc1-c1ccccc1. The van der Waals surface area contributed by atoms with Crippen LogP contribution in [0.15, 0.2) is 36.4 Å². The summed E-state index contributed by atoms with van der Waals surface area (Å²) < 4.78 is 1.75. The monoisotopic (exact) mass is 259 g/mol. The molecule has 0 fully saturated rings. The van der Waals surface area contributed by atoms with E-state index in [1.165, 1.54) is 0 Å². The maximum absolute atomic E-state index is 11.0. The predicted molar refractivity (Wildman–Crippen MR) is 73.2 cm³/mol. The van der Waals surface area contributed by atoms with Crippen molar-refractivity contribution in [2.24, 2.45) is 0 Å². The van der Waals surface area contributed by atoms with Gasteiger partial charge in [0.2, 0.25) is 0 Å². The molecular weight excluding hydrogens is 242 g/mol. The Morgan fingerprint density at radius 1 is 1.32 bits per heavy atom. The lowest BCUT2D eigenvalue weighted by atomic mass is 10.1. The van der Waals surface area contributed by atoms with E-state index >= 15 is 0 Å². The van der Waals surface area contributed by atoms with Crippen LogP contribution >= 0.6 is 0 Å². The van der Waals surface area contributed by atoms with Crippen LogP contribution in [0.2, 0.25) is 0 Å². The average Bonchev–Trinajstić information content (AvgIpc) is 2.81. The summed E-state index contributed by atoms with van der Waals surface area (Å²) in [5.74, 6) is -0.999. The number of carboxylic acid groups (broad SMARTS) is 1. The standard InChI is InChI=1S/C14H17N3O2/c1-16(2)8-9-17-13(10-12(15-17)14(18)19)11-6-4-3-5-7-11/h3-7,10H,8-9H2,1-2H3,(H,18,19). The summed E-state index contributed by atoms with van der Waals surface area (Å²) in [7, 11) is 3.95. The van der Waals surface area contributed by atoms with E-state index in [1.807, 2.05) is 49.3 Å². The number of hydrogen-bond acceptors (Lipinski definition) is 3. The molecule has 0 aliphatic carbocycles. The zero-order valence-corrected chi connectivity index (χ0v) is 11.1. The molecule has 0 aliphatic heterocycles. The number of benzene rings is 1. The Bertz CT molecular complexity index is 561. The first-order chi connectivity index (χ1) is 9.08. The number of nitrogens with zero attached hydrogens (tertiary/aromatic N) is 3. The molecule has 0 unspecified atom stereocenters. The van der Waals surface area contributed by atoms with Crippen molar-refractivity contribution in [3.63, 3.8) is 0 Å². The Kier molecular flexibility index (Phi) is 3.97. The van der Waals surface area contributed by atoms with E-state index < -0.39 is 5.97 Å². The van der Waals surface area contributed by atoms with Gasteiger partial charge < -0.3 is 10.0 Å². The van der Waals surface area contributed by atoms with E-state index in [0.717, 1.165) is 17.8 Å². The fourth-order valence-electron chi connectivity index (χ4n) is 1.83. The number of likely N-dealkylation sites (N-methyl/N-ethyl adjacent to an activating group) is 1. The minimum atomic E-state index is -0.999. The Morgan fingerprint density at radius 3 is 2.58 bits per heavy atom. The Balaban J connectivity index is 2.37. The van der Waals surface area contributed by atoms with Gasteiger partial charge in [-0.1, -0.05) is 30.3 Å². The van der Waals surface area contributed by atoms with Gasteiger partial charge in [-0.3, -0.25) is 4.68 Å². The summed E-state index contributed by atoms with van der Waals surface area (Å²) in [5.41, 5.74) is 1.89. The fourth-order valence-corrected chi connectivity index (χ4v) is 1.83. The number of carboxylic acids is 1. The van der Waals surface area contributed by atoms with Crippen LogP contribution in [0.25, 0.3) is 11.3 Å². The van der Waals surface area contributed by atoms with Gasteiger partial charge >= 0.3 is 5.97 Å². The third-order valence-corrected chi connectivity index (χ3v) is 2.83. The maximum atomic E-state index is 11.0. The molecule has 19 heavy (non-hydrogen) atoms. The van der Waals surface area contributed by atoms with Crippen LogP contribution in [-0.2, 0) is 6.54 Å². The van der Waals surface area contributed by atoms with Crippen LogP contribution in [0.1, 0.15) is 10.5 Å². The molecule has 1 aromatic heterocycles. The summed E-state index contributed by atoms with van der Waals surface area (Å²) in [5, 5.41) is 13.2. The van der Waals surface area contributed by atoms with Crippen molar-refractivity contribution in [2.45, 2.75) is 6.54 Å². The van der Waals surface area contributed by atoms with Crippen molar-refractivity contribution in [1.82, 2.24) is 14.7 Å². The van der Waals surface area contributed by atoms with Crippen LogP contribution < -0.4 is 0 Å². The average molecular weight is 259 g/mol. The summed E-state index contributed by atoms with van der Waals surface area (Å²) in [6.45, 7) is 1.46. The minimum absolute atomic E-state index is 0.0811. The highest BCUT2D eigenvalue weighted by Crippen LogP contribution is 2.20. The van der Waals surface area contributed by atoms with E-state index in [2.05, 4.69) is 5.10 Å². The van der Waals surface area contributed by atoms with Crippen LogP contribution in [0.5, 0.6) is 0 Å². The number of hydrogen-bond donors (Lipinski definition) is 1. The maximum Gasteiger partial charge on any atom is 0.356 e. The first-order valence-electron chi connectivity index (χ1n) is 6.09. The molecule has 5 nitrogen and oxygen atoms in total. The molecule has 2 rings (SSSR count). The number of aromatic nitrogens is 2.